The van der Waals surface area contributed by atoms with Crippen LogP contribution >= 0.6 is 27.3 Å². The van der Waals surface area contributed by atoms with Crippen molar-refractivity contribution in [2.75, 3.05) is 13.1 Å². The molecule has 0 fully saturated rings. The second-order valence-electron chi connectivity index (χ2n) is 5.49. The third-order valence-electron chi connectivity index (χ3n) is 3.49. The lowest BCUT2D eigenvalue weighted by Gasteiger charge is -2.27. The Hall–Kier alpha value is 0.1000. The van der Waals surface area contributed by atoms with Crippen LogP contribution < -0.4 is 11.1 Å². The largest absolute Gasteiger partial charge is 0.329 e. The molecule has 1 heterocycles. The fourth-order valence-electron chi connectivity index (χ4n) is 2.34. The van der Waals surface area contributed by atoms with Gasteiger partial charge in [0.15, 0.2) is 0 Å². The Morgan fingerprint density at radius 1 is 1.22 bits per heavy atom. The molecule has 0 radical (unpaired) electrons. The molecule has 0 amide bonds. The summed E-state index contributed by atoms with van der Waals surface area (Å²) in [6, 6.07) is 4.52. The first-order valence-corrected chi connectivity index (χ1v) is 8.25. The fourth-order valence-corrected chi connectivity index (χ4v) is 3.85. The average Bonchev–Trinajstić information content (AvgIpc) is 2.70. The van der Waals surface area contributed by atoms with Crippen LogP contribution in [0.25, 0.3) is 0 Å². The van der Waals surface area contributed by atoms with E-state index >= 15 is 0 Å². The Labute approximate surface area is 123 Å². The van der Waals surface area contributed by atoms with E-state index < -0.39 is 0 Å². The predicted molar refractivity (Wildman–Crippen MR) is 85.0 cm³/mol. The highest BCUT2D eigenvalue weighted by Crippen LogP contribution is 2.27. The molecule has 0 saturated heterocycles. The van der Waals surface area contributed by atoms with Gasteiger partial charge in [-0.2, -0.15) is 0 Å². The van der Waals surface area contributed by atoms with Crippen molar-refractivity contribution in [2.45, 2.75) is 33.7 Å². The molecular formula is C14H25BrN2S. The number of rotatable bonds is 7. The van der Waals surface area contributed by atoms with E-state index in [1.54, 1.807) is 11.3 Å². The molecule has 1 rings (SSSR count). The first-order valence-electron chi connectivity index (χ1n) is 6.64. The molecule has 18 heavy (non-hydrogen) atoms. The first kappa shape index (κ1) is 16.2. The van der Waals surface area contributed by atoms with Crippen LogP contribution in [0.5, 0.6) is 0 Å². The highest BCUT2D eigenvalue weighted by atomic mass is 79.9. The van der Waals surface area contributed by atoms with Gasteiger partial charge >= 0.3 is 0 Å². The van der Waals surface area contributed by atoms with Gasteiger partial charge in [-0.15, -0.1) is 11.3 Å². The highest BCUT2D eigenvalue weighted by molar-refractivity contribution is 9.11. The van der Waals surface area contributed by atoms with Crippen LogP contribution in [0.3, 0.4) is 0 Å². The van der Waals surface area contributed by atoms with Gasteiger partial charge in [0.1, 0.15) is 0 Å². The Morgan fingerprint density at radius 3 is 2.22 bits per heavy atom. The summed E-state index contributed by atoms with van der Waals surface area (Å²) < 4.78 is 1.17. The molecule has 1 aromatic heterocycles. The van der Waals surface area contributed by atoms with Gasteiger partial charge in [0.25, 0.3) is 0 Å². The Balaban J connectivity index is 2.59. The molecule has 1 unspecified atom stereocenters. The minimum absolute atomic E-state index is 0.279. The molecule has 104 valence electrons. The Kier molecular flexibility index (Phi) is 6.85. The smallest absolute Gasteiger partial charge is 0.0702 e. The summed E-state index contributed by atoms with van der Waals surface area (Å²) in [6.07, 6.45) is 0. The van der Waals surface area contributed by atoms with E-state index in [9.17, 15) is 0 Å². The van der Waals surface area contributed by atoms with Crippen molar-refractivity contribution in [1.82, 2.24) is 5.32 Å². The Morgan fingerprint density at radius 2 is 1.83 bits per heavy atom. The molecule has 0 aliphatic carbocycles. The molecule has 1 aromatic rings. The summed E-state index contributed by atoms with van der Waals surface area (Å²) in [5, 5.41) is 3.63. The molecule has 0 bridgehead atoms. The summed E-state index contributed by atoms with van der Waals surface area (Å²) >= 11 is 5.27. The summed E-state index contributed by atoms with van der Waals surface area (Å²) in [7, 11) is 0. The van der Waals surface area contributed by atoms with E-state index in [1.807, 2.05) is 0 Å². The maximum atomic E-state index is 5.88. The Bertz CT molecular complexity index is 341. The first-order chi connectivity index (χ1) is 8.45. The molecule has 0 spiro atoms. The maximum Gasteiger partial charge on any atom is 0.0702 e. The van der Waals surface area contributed by atoms with E-state index in [4.69, 9.17) is 5.73 Å². The number of halogens is 1. The van der Waals surface area contributed by atoms with Crippen molar-refractivity contribution in [1.29, 1.82) is 0 Å². The third kappa shape index (κ3) is 4.65. The lowest BCUT2D eigenvalue weighted by Crippen LogP contribution is -2.35. The third-order valence-corrected chi connectivity index (χ3v) is 5.22. The van der Waals surface area contributed by atoms with E-state index in [-0.39, 0.29) is 6.04 Å². The number of nitrogens with two attached hydrogens (primary N) is 1. The SMILES string of the molecule is CC(C)C(CNC(CN)c1ccc(Br)s1)C(C)C. The minimum atomic E-state index is 0.279. The zero-order valence-electron chi connectivity index (χ0n) is 11.7. The summed E-state index contributed by atoms with van der Waals surface area (Å²) in [5.41, 5.74) is 5.88. The standard InChI is InChI=1S/C14H25BrN2S/c1-9(2)11(10(3)4)8-17-12(7-16)13-5-6-14(15)18-13/h5-6,9-12,17H,7-8,16H2,1-4H3. The van der Waals surface area contributed by atoms with Gasteiger partial charge in [-0.3, -0.25) is 0 Å². The molecular weight excluding hydrogens is 308 g/mol. The zero-order valence-corrected chi connectivity index (χ0v) is 14.1. The van der Waals surface area contributed by atoms with Crippen LogP contribution in [0.1, 0.15) is 38.6 Å². The molecule has 2 nitrogen and oxygen atoms in total. The molecule has 0 saturated carbocycles. The van der Waals surface area contributed by atoms with Crippen molar-refractivity contribution in [3.05, 3.63) is 20.8 Å². The molecule has 4 heteroatoms. The lowest BCUT2D eigenvalue weighted by atomic mass is 9.85. The molecule has 0 aromatic carbocycles. The number of thiophene rings is 1. The molecule has 0 aliphatic rings. The monoisotopic (exact) mass is 332 g/mol. The van der Waals surface area contributed by atoms with Crippen molar-refractivity contribution < 1.29 is 0 Å². The lowest BCUT2D eigenvalue weighted by molar-refractivity contribution is 0.267. The van der Waals surface area contributed by atoms with E-state index in [2.05, 4.69) is 61.1 Å². The van der Waals surface area contributed by atoms with Crippen LogP contribution in [-0.4, -0.2) is 13.1 Å². The quantitative estimate of drug-likeness (QED) is 0.791. The van der Waals surface area contributed by atoms with Gasteiger partial charge in [-0.25, -0.2) is 0 Å². The van der Waals surface area contributed by atoms with Gasteiger partial charge in [0, 0.05) is 11.4 Å². The van der Waals surface area contributed by atoms with Gasteiger partial charge in [0.2, 0.25) is 0 Å². The predicted octanol–water partition coefficient (Wildman–Crippen LogP) is 4.03. The topological polar surface area (TPSA) is 38.0 Å². The van der Waals surface area contributed by atoms with Crippen LogP contribution in [0.4, 0.5) is 0 Å². The number of nitrogens with one attached hydrogen (secondary N) is 1. The fraction of sp³-hybridized carbons (Fsp3) is 0.714. The van der Waals surface area contributed by atoms with E-state index in [0.717, 1.165) is 6.54 Å². The average molecular weight is 333 g/mol. The maximum absolute atomic E-state index is 5.88. The summed E-state index contributed by atoms with van der Waals surface area (Å²) in [6.45, 7) is 10.9. The van der Waals surface area contributed by atoms with Crippen LogP contribution in [-0.2, 0) is 0 Å². The molecule has 3 N–H and O–H groups in total. The minimum Gasteiger partial charge on any atom is -0.329 e. The highest BCUT2D eigenvalue weighted by Gasteiger charge is 2.19. The number of hydrogen-bond acceptors (Lipinski definition) is 3. The van der Waals surface area contributed by atoms with E-state index in [0.29, 0.717) is 24.3 Å². The van der Waals surface area contributed by atoms with Gasteiger partial charge in [-0.05, 0) is 52.4 Å². The second-order valence-corrected chi connectivity index (χ2v) is 7.98. The molecule has 0 aliphatic heterocycles. The molecule has 1 atom stereocenters. The summed E-state index contributed by atoms with van der Waals surface area (Å²) in [5.74, 6) is 2.10. The number of hydrogen-bond donors (Lipinski definition) is 2. The van der Waals surface area contributed by atoms with Gasteiger partial charge < -0.3 is 11.1 Å². The zero-order chi connectivity index (χ0) is 13.7. The van der Waals surface area contributed by atoms with Gasteiger partial charge in [0.05, 0.1) is 9.83 Å². The summed E-state index contributed by atoms with van der Waals surface area (Å²) in [4.78, 5) is 1.32. The van der Waals surface area contributed by atoms with Crippen LogP contribution in [0, 0.1) is 17.8 Å². The van der Waals surface area contributed by atoms with Gasteiger partial charge in [-0.1, -0.05) is 27.7 Å². The van der Waals surface area contributed by atoms with Crippen molar-refractivity contribution >= 4 is 27.3 Å². The van der Waals surface area contributed by atoms with E-state index in [1.165, 1.54) is 8.66 Å². The van der Waals surface area contributed by atoms with Crippen LogP contribution in [0.15, 0.2) is 15.9 Å². The van der Waals surface area contributed by atoms with Crippen molar-refractivity contribution in [3.8, 4) is 0 Å². The van der Waals surface area contributed by atoms with Crippen molar-refractivity contribution in [2.24, 2.45) is 23.5 Å². The second kappa shape index (κ2) is 7.63. The normalized spacial score (nSPS) is 13.8. The van der Waals surface area contributed by atoms with Crippen LogP contribution in [0.2, 0.25) is 0 Å². The van der Waals surface area contributed by atoms with Crippen molar-refractivity contribution in [3.63, 3.8) is 0 Å².